The topological polar surface area (TPSA) is 93.7 Å². The number of ether oxygens (including phenoxy) is 2. The van der Waals surface area contributed by atoms with E-state index in [1.807, 2.05) is 19.9 Å². The second-order valence-corrected chi connectivity index (χ2v) is 9.34. The van der Waals surface area contributed by atoms with Gasteiger partial charge in [0.1, 0.15) is 17.3 Å². The zero-order valence-corrected chi connectivity index (χ0v) is 18.1. The number of hydrogen-bond acceptors (Lipinski definition) is 5. The molecule has 7 nitrogen and oxygen atoms in total. The Labute approximate surface area is 177 Å². The van der Waals surface area contributed by atoms with Crippen LogP contribution in [-0.2, 0) is 14.8 Å². The lowest BCUT2D eigenvalue weighted by Crippen LogP contribution is -2.27. The molecule has 30 heavy (non-hydrogen) atoms. The summed E-state index contributed by atoms with van der Waals surface area (Å²) in [4.78, 5) is 12.4. The number of carbonyl (C=O) groups excluding carboxylic acids is 1. The van der Waals surface area contributed by atoms with Crippen LogP contribution in [0, 0.1) is 0 Å². The number of sulfonamides is 1. The van der Waals surface area contributed by atoms with Crippen LogP contribution in [0.3, 0.4) is 0 Å². The minimum Gasteiger partial charge on any atom is -0.491 e. The highest BCUT2D eigenvalue weighted by molar-refractivity contribution is 7.93. The maximum atomic E-state index is 12.4. The summed E-state index contributed by atoms with van der Waals surface area (Å²) in [5.41, 5.74) is 0.837. The van der Waals surface area contributed by atoms with Gasteiger partial charge in [-0.3, -0.25) is 9.52 Å². The summed E-state index contributed by atoms with van der Waals surface area (Å²) in [6, 6.07) is 13.6. The van der Waals surface area contributed by atoms with E-state index in [1.165, 1.54) is 0 Å². The van der Waals surface area contributed by atoms with Crippen LogP contribution < -0.4 is 19.5 Å². The van der Waals surface area contributed by atoms with Gasteiger partial charge < -0.3 is 14.8 Å². The molecule has 3 rings (SSSR count). The Kier molecular flexibility index (Phi) is 7.20. The van der Waals surface area contributed by atoms with Crippen molar-refractivity contribution in [2.75, 3.05) is 15.8 Å². The van der Waals surface area contributed by atoms with E-state index in [0.29, 0.717) is 22.9 Å². The van der Waals surface area contributed by atoms with Crippen molar-refractivity contribution in [3.05, 3.63) is 48.5 Å². The highest BCUT2D eigenvalue weighted by Gasteiger charge is 2.20. The molecule has 0 bridgehead atoms. The number of hydrogen-bond donors (Lipinski definition) is 2. The molecule has 1 amide bonds. The molecule has 1 saturated carbocycles. The maximum Gasteiger partial charge on any atom is 0.241 e. The van der Waals surface area contributed by atoms with Gasteiger partial charge >= 0.3 is 0 Å². The van der Waals surface area contributed by atoms with Crippen LogP contribution in [0.5, 0.6) is 11.5 Å². The van der Waals surface area contributed by atoms with Crippen molar-refractivity contribution in [2.24, 2.45) is 0 Å². The van der Waals surface area contributed by atoms with Crippen LogP contribution in [0.25, 0.3) is 0 Å². The molecule has 0 radical (unpaired) electrons. The number of para-hydroxylation sites is 2. The van der Waals surface area contributed by atoms with Crippen molar-refractivity contribution < 1.29 is 22.7 Å². The van der Waals surface area contributed by atoms with Gasteiger partial charge in [-0.2, -0.15) is 0 Å². The van der Waals surface area contributed by atoms with E-state index in [-0.39, 0.29) is 12.2 Å². The maximum absolute atomic E-state index is 12.4. The lowest BCUT2D eigenvalue weighted by Gasteiger charge is -2.17. The zero-order chi connectivity index (χ0) is 21.6. The first kappa shape index (κ1) is 22.0. The van der Waals surface area contributed by atoms with Crippen molar-refractivity contribution in [2.45, 2.75) is 51.7 Å². The molecule has 0 heterocycles. The molecular formula is C22H28N2O5S. The number of amides is 1. The Bertz CT molecular complexity index is 952. The average Bonchev–Trinajstić information content (AvgIpc) is 3.17. The summed E-state index contributed by atoms with van der Waals surface area (Å²) in [6.45, 7) is 3.82. The van der Waals surface area contributed by atoms with Gasteiger partial charge in [-0.05, 0) is 75.9 Å². The fraction of sp³-hybridized carbons (Fsp3) is 0.409. The molecule has 0 spiro atoms. The van der Waals surface area contributed by atoms with Gasteiger partial charge in [-0.15, -0.1) is 0 Å². The van der Waals surface area contributed by atoms with Gasteiger partial charge in [-0.25, -0.2) is 8.42 Å². The number of anilines is 2. The summed E-state index contributed by atoms with van der Waals surface area (Å²) >= 11 is 0. The average molecular weight is 433 g/mol. The normalized spacial score (nSPS) is 14.5. The number of benzene rings is 2. The van der Waals surface area contributed by atoms with Crippen LogP contribution >= 0.6 is 0 Å². The molecule has 1 aliphatic rings. The fourth-order valence-corrected chi connectivity index (χ4v) is 4.29. The van der Waals surface area contributed by atoms with Crippen LogP contribution in [0.2, 0.25) is 0 Å². The number of nitrogens with one attached hydrogen (secondary N) is 2. The molecule has 0 aromatic heterocycles. The molecule has 2 aromatic rings. The Balaban J connectivity index is 1.58. The second kappa shape index (κ2) is 9.84. The third-order valence-corrected chi connectivity index (χ3v) is 5.77. The lowest BCUT2D eigenvalue weighted by atomic mass is 10.2. The van der Waals surface area contributed by atoms with Crippen LogP contribution in [-0.4, -0.2) is 32.3 Å². The molecule has 0 atom stereocenters. The van der Waals surface area contributed by atoms with E-state index in [0.717, 1.165) is 25.7 Å². The first-order valence-corrected chi connectivity index (χ1v) is 11.8. The third-order valence-electron chi connectivity index (χ3n) is 4.58. The number of rotatable bonds is 9. The van der Waals surface area contributed by atoms with E-state index in [4.69, 9.17) is 9.47 Å². The minimum absolute atomic E-state index is 0.0248. The van der Waals surface area contributed by atoms with Gasteiger partial charge in [0, 0.05) is 5.69 Å². The zero-order valence-electron chi connectivity index (χ0n) is 17.3. The van der Waals surface area contributed by atoms with Gasteiger partial charge in [0.15, 0.2) is 0 Å². The Morgan fingerprint density at radius 1 is 1.07 bits per heavy atom. The molecule has 162 valence electrons. The molecule has 0 aliphatic heterocycles. The summed E-state index contributed by atoms with van der Waals surface area (Å²) in [5, 5.41) is 2.65. The Morgan fingerprint density at radius 2 is 1.73 bits per heavy atom. The van der Waals surface area contributed by atoms with Crippen molar-refractivity contribution in [3.63, 3.8) is 0 Å². The Hall–Kier alpha value is -2.74. The van der Waals surface area contributed by atoms with Crippen molar-refractivity contribution >= 4 is 27.3 Å². The van der Waals surface area contributed by atoms with Crippen molar-refractivity contribution in [1.82, 2.24) is 0 Å². The molecule has 1 aliphatic carbocycles. The van der Waals surface area contributed by atoms with Gasteiger partial charge in [0.25, 0.3) is 0 Å². The molecule has 1 fully saturated rings. The van der Waals surface area contributed by atoms with Crippen LogP contribution in [0.15, 0.2) is 48.5 Å². The summed E-state index contributed by atoms with van der Waals surface area (Å²) in [7, 11) is -3.87. The molecule has 0 saturated heterocycles. The largest absolute Gasteiger partial charge is 0.491 e. The predicted molar refractivity (Wildman–Crippen MR) is 118 cm³/mol. The molecule has 0 unspecified atom stereocenters. The van der Waals surface area contributed by atoms with E-state index < -0.39 is 21.7 Å². The highest BCUT2D eigenvalue weighted by Crippen LogP contribution is 2.29. The smallest absolute Gasteiger partial charge is 0.241 e. The molecule has 8 heteroatoms. The molecular weight excluding hydrogens is 404 g/mol. The van der Waals surface area contributed by atoms with E-state index in [1.54, 1.807) is 42.5 Å². The van der Waals surface area contributed by atoms with Crippen LogP contribution in [0.4, 0.5) is 11.4 Å². The lowest BCUT2D eigenvalue weighted by molar-refractivity contribution is -0.113. The third kappa shape index (κ3) is 6.66. The van der Waals surface area contributed by atoms with Crippen molar-refractivity contribution in [3.8, 4) is 11.5 Å². The first-order valence-electron chi connectivity index (χ1n) is 10.1. The summed E-state index contributed by atoms with van der Waals surface area (Å²) < 4.78 is 38.7. The standard InChI is InChI=1S/C22H28N2O5S/c1-16(2)28-19-13-11-17(12-14-19)24-30(26,27)15-22(25)23-20-9-5-6-10-21(20)29-18-7-3-4-8-18/h5-6,9-14,16,18,24H,3-4,7-8,15H2,1-2H3,(H,23,25). The van der Waals surface area contributed by atoms with Gasteiger partial charge in [0.05, 0.1) is 17.9 Å². The molecule has 2 N–H and O–H groups in total. The SMILES string of the molecule is CC(C)Oc1ccc(NS(=O)(=O)CC(=O)Nc2ccccc2OC2CCCC2)cc1. The van der Waals surface area contributed by atoms with Crippen molar-refractivity contribution in [1.29, 1.82) is 0 Å². The predicted octanol–water partition coefficient (Wildman–Crippen LogP) is 4.18. The van der Waals surface area contributed by atoms with Gasteiger partial charge in [0.2, 0.25) is 15.9 Å². The van der Waals surface area contributed by atoms with E-state index in [2.05, 4.69) is 10.0 Å². The summed E-state index contributed by atoms with van der Waals surface area (Å²) in [5.74, 6) is -0.132. The highest BCUT2D eigenvalue weighted by atomic mass is 32.2. The monoisotopic (exact) mass is 432 g/mol. The first-order chi connectivity index (χ1) is 14.3. The minimum atomic E-state index is -3.87. The van der Waals surface area contributed by atoms with E-state index >= 15 is 0 Å². The quantitative estimate of drug-likeness (QED) is 0.620. The second-order valence-electron chi connectivity index (χ2n) is 7.62. The van der Waals surface area contributed by atoms with E-state index in [9.17, 15) is 13.2 Å². The Morgan fingerprint density at radius 3 is 2.40 bits per heavy atom. The van der Waals surface area contributed by atoms with Gasteiger partial charge in [-0.1, -0.05) is 12.1 Å². The number of carbonyl (C=O) groups is 1. The van der Waals surface area contributed by atoms with Crippen LogP contribution in [0.1, 0.15) is 39.5 Å². The summed E-state index contributed by atoms with van der Waals surface area (Å²) in [6.07, 6.45) is 4.40. The molecule has 2 aromatic carbocycles. The fourth-order valence-electron chi connectivity index (χ4n) is 3.31.